The van der Waals surface area contributed by atoms with Crippen molar-refractivity contribution in [3.05, 3.63) is 39.8 Å². The number of hydrogen-bond donors (Lipinski definition) is 3. The van der Waals surface area contributed by atoms with E-state index in [1.807, 2.05) is 0 Å². The number of nitrogen functional groups attached to an aromatic ring is 1. The lowest BCUT2D eigenvalue weighted by molar-refractivity contribution is 0.103. The van der Waals surface area contributed by atoms with Gasteiger partial charge in [-0.1, -0.05) is 6.92 Å². The summed E-state index contributed by atoms with van der Waals surface area (Å²) in [7, 11) is -3.80. The molecule has 0 aliphatic carbocycles. The molecular formula is C17H17F2N5O3S2. The first kappa shape index (κ1) is 20.9. The highest BCUT2D eigenvalue weighted by atomic mass is 32.2. The van der Waals surface area contributed by atoms with Crippen LogP contribution >= 0.6 is 11.3 Å². The molecule has 1 amide bonds. The lowest BCUT2D eigenvalue weighted by atomic mass is 10.2. The van der Waals surface area contributed by atoms with E-state index in [9.17, 15) is 22.0 Å². The van der Waals surface area contributed by atoms with E-state index < -0.39 is 38.9 Å². The van der Waals surface area contributed by atoms with Gasteiger partial charge in [0.15, 0.2) is 5.82 Å². The standard InChI is InChI=1S/C17H17F2N5O3S2/c1-3-6-29(26,27)24-10-5-4-9(18)13(12(10)19)23-17(25)15-14-11(8(2)28-15)16(20)22-7-21-14/h4-5,7,24H,3,6H2,1-2H3,(H,23,25)(H2,20,21,22). The Bertz CT molecular complexity index is 1210. The van der Waals surface area contributed by atoms with E-state index in [-0.39, 0.29) is 22.0 Å². The topological polar surface area (TPSA) is 127 Å². The molecule has 1 aromatic carbocycles. The van der Waals surface area contributed by atoms with Crippen molar-refractivity contribution in [1.82, 2.24) is 9.97 Å². The van der Waals surface area contributed by atoms with Crippen LogP contribution in [-0.4, -0.2) is 30.0 Å². The maximum absolute atomic E-state index is 14.7. The molecule has 29 heavy (non-hydrogen) atoms. The molecule has 0 atom stereocenters. The fourth-order valence-electron chi connectivity index (χ4n) is 2.73. The predicted molar refractivity (Wildman–Crippen MR) is 109 cm³/mol. The van der Waals surface area contributed by atoms with Crippen LogP contribution in [0.25, 0.3) is 10.9 Å². The highest BCUT2D eigenvalue weighted by Crippen LogP contribution is 2.33. The van der Waals surface area contributed by atoms with E-state index in [2.05, 4.69) is 20.0 Å². The number of carbonyl (C=O) groups excluding carboxylic acids is 1. The van der Waals surface area contributed by atoms with Crippen LogP contribution in [0.1, 0.15) is 27.9 Å². The number of fused-ring (bicyclic) bond motifs is 1. The van der Waals surface area contributed by atoms with Crippen LogP contribution in [0.3, 0.4) is 0 Å². The zero-order valence-corrected chi connectivity index (χ0v) is 17.0. The van der Waals surface area contributed by atoms with Crippen molar-refractivity contribution in [2.75, 3.05) is 21.5 Å². The summed E-state index contributed by atoms with van der Waals surface area (Å²) in [4.78, 5) is 21.4. The Labute approximate surface area is 169 Å². The van der Waals surface area contributed by atoms with Gasteiger partial charge in [-0.05, 0) is 25.5 Å². The van der Waals surface area contributed by atoms with Crippen molar-refractivity contribution in [2.45, 2.75) is 20.3 Å². The quantitative estimate of drug-likeness (QED) is 0.539. The highest BCUT2D eigenvalue weighted by Gasteiger charge is 2.23. The monoisotopic (exact) mass is 441 g/mol. The molecule has 2 aromatic heterocycles. The van der Waals surface area contributed by atoms with Crippen LogP contribution in [0.2, 0.25) is 0 Å². The first-order valence-corrected chi connectivity index (χ1v) is 10.9. The molecule has 0 saturated carbocycles. The van der Waals surface area contributed by atoms with Gasteiger partial charge in [0, 0.05) is 4.88 Å². The first-order chi connectivity index (χ1) is 13.6. The lowest BCUT2D eigenvalue weighted by Gasteiger charge is -2.12. The second-order valence-corrected chi connectivity index (χ2v) is 9.20. The molecule has 154 valence electrons. The van der Waals surface area contributed by atoms with Gasteiger partial charge in [0.1, 0.15) is 28.5 Å². The SMILES string of the molecule is CCCS(=O)(=O)Nc1ccc(F)c(NC(=O)c2sc(C)c3c(N)ncnc23)c1F. The second kappa shape index (κ2) is 7.87. The van der Waals surface area contributed by atoms with E-state index in [0.29, 0.717) is 16.7 Å². The zero-order valence-electron chi connectivity index (χ0n) is 15.4. The number of nitrogens with two attached hydrogens (primary N) is 1. The first-order valence-electron chi connectivity index (χ1n) is 8.44. The predicted octanol–water partition coefficient (Wildman–Crippen LogP) is 3.26. The molecule has 12 heteroatoms. The number of hydrogen-bond acceptors (Lipinski definition) is 7. The molecule has 0 fully saturated rings. The third-order valence-corrected chi connectivity index (χ3v) is 6.54. The Morgan fingerprint density at radius 1 is 1.28 bits per heavy atom. The second-order valence-electron chi connectivity index (χ2n) is 6.13. The number of nitrogens with zero attached hydrogens (tertiary/aromatic N) is 2. The number of sulfonamides is 1. The fourth-order valence-corrected chi connectivity index (χ4v) is 4.87. The Balaban J connectivity index is 1.98. The Morgan fingerprint density at radius 3 is 2.69 bits per heavy atom. The maximum Gasteiger partial charge on any atom is 0.268 e. The summed E-state index contributed by atoms with van der Waals surface area (Å²) in [5, 5.41) is 2.65. The number of halogens is 2. The molecular weight excluding hydrogens is 424 g/mol. The van der Waals surface area contributed by atoms with Gasteiger partial charge < -0.3 is 11.1 Å². The summed E-state index contributed by atoms with van der Waals surface area (Å²) < 4.78 is 54.8. The van der Waals surface area contributed by atoms with E-state index in [0.717, 1.165) is 23.5 Å². The third-order valence-electron chi connectivity index (χ3n) is 3.97. The summed E-state index contributed by atoms with van der Waals surface area (Å²) in [5.74, 6) is -3.14. The van der Waals surface area contributed by atoms with E-state index in [4.69, 9.17) is 5.73 Å². The Kier molecular flexibility index (Phi) is 5.66. The van der Waals surface area contributed by atoms with E-state index in [1.54, 1.807) is 13.8 Å². The van der Waals surface area contributed by atoms with E-state index in [1.165, 1.54) is 6.33 Å². The molecule has 4 N–H and O–H groups in total. The van der Waals surface area contributed by atoms with Crippen LogP contribution in [0, 0.1) is 18.6 Å². The van der Waals surface area contributed by atoms with E-state index >= 15 is 0 Å². The lowest BCUT2D eigenvalue weighted by Crippen LogP contribution is -2.19. The molecule has 3 aromatic rings. The molecule has 3 rings (SSSR count). The molecule has 0 unspecified atom stereocenters. The van der Waals surface area contributed by atoms with Crippen LogP contribution in [0.5, 0.6) is 0 Å². The number of amides is 1. The van der Waals surface area contributed by atoms with Gasteiger partial charge in [0.05, 0.1) is 22.3 Å². The number of nitrogens with one attached hydrogen (secondary N) is 2. The van der Waals surface area contributed by atoms with Crippen LogP contribution < -0.4 is 15.8 Å². The van der Waals surface area contributed by atoms with Gasteiger partial charge in [-0.25, -0.2) is 27.2 Å². The highest BCUT2D eigenvalue weighted by molar-refractivity contribution is 7.92. The minimum atomic E-state index is -3.80. The number of aryl methyl sites for hydroxylation is 1. The van der Waals surface area contributed by atoms with Gasteiger partial charge >= 0.3 is 0 Å². The van der Waals surface area contributed by atoms with Crippen molar-refractivity contribution in [1.29, 1.82) is 0 Å². The number of thiophene rings is 1. The van der Waals surface area contributed by atoms with Crippen molar-refractivity contribution >= 4 is 55.4 Å². The number of carbonyl (C=O) groups is 1. The smallest absolute Gasteiger partial charge is 0.268 e. The summed E-state index contributed by atoms with van der Waals surface area (Å²) >= 11 is 1.05. The van der Waals surface area contributed by atoms with Crippen molar-refractivity contribution in [3.8, 4) is 0 Å². The molecule has 2 heterocycles. The van der Waals surface area contributed by atoms with Gasteiger partial charge in [0.2, 0.25) is 10.0 Å². The number of anilines is 3. The average Bonchev–Trinajstić information content (AvgIpc) is 2.99. The zero-order chi connectivity index (χ0) is 21.3. The summed E-state index contributed by atoms with van der Waals surface area (Å²) in [6.07, 6.45) is 1.50. The van der Waals surface area contributed by atoms with Gasteiger partial charge in [-0.2, -0.15) is 0 Å². The molecule has 0 radical (unpaired) electrons. The Morgan fingerprint density at radius 2 is 2.00 bits per heavy atom. The number of benzene rings is 1. The minimum absolute atomic E-state index is 0.0994. The van der Waals surface area contributed by atoms with Crippen LogP contribution in [0.4, 0.5) is 26.0 Å². The largest absolute Gasteiger partial charge is 0.383 e. The molecule has 0 aliphatic rings. The molecule has 0 saturated heterocycles. The van der Waals surface area contributed by atoms with Gasteiger partial charge in [-0.3, -0.25) is 9.52 Å². The molecule has 0 spiro atoms. The third kappa shape index (κ3) is 4.12. The van der Waals surface area contributed by atoms with Crippen molar-refractivity contribution in [2.24, 2.45) is 0 Å². The maximum atomic E-state index is 14.7. The fraction of sp³-hybridized carbons (Fsp3) is 0.235. The summed E-state index contributed by atoms with van der Waals surface area (Å²) in [6, 6.07) is 1.81. The van der Waals surface area contributed by atoms with Gasteiger partial charge in [0.25, 0.3) is 5.91 Å². The summed E-state index contributed by atoms with van der Waals surface area (Å²) in [5.41, 5.74) is 4.84. The van der Waals surface area contributed by atoms with Crippen molar-refractivity contribution < 1.29 is 22.0 Å². The minimum Gasteiger partial charge on any atom is -0.383 e. The van der Waals surface area contributed by atoms with Crippen molar-refractivity contribution in [3.63, 3.8) is 0 Å². The normalized spacial score (nSPS) is 11.6. The average molecular weight is 441 g/mol. The van der Waals surface area contributed by atoms with Crippen LogP contribution in [-0.2, 0) is 10.0 Å². The number of aromatic nitrogens is 2. The summed E-state index contributed by atoms with van der Waals surface area (Å²) in [6.45, 7) is 3.36. The van der Waals surface area contributed by atoms with Gasteiger partial charge in [-0.15, -0.1) is 11.3 Å². The molecule has 0 bridgehead atoms. The Hall–Kier alpha value is -2.86. The number of rotatable bonds is 6. The molecule has 8 nitrogen and oxygen atoms in total. The van der Waals surface area contributed by atoms with Crippen LogP contribution in [0.15, 0.2) is 18.5 Å². The molecule has 0 aliphatic heterocycles.